The van der Waals surface area contributed by atoms with E-state index in [1.165, 1.54) is 0 Å². The Kier molecular flexibility index (Phi) is 8.90. The highest BCUT2D eigenvalue weighted by atomic mass is 16.5. The van der Waals surface area contributed by atoms with E-state index in [-0.39, 0.29) is 24.2 Å². The molecule has 0 heterocycles. The van der Waals surface area contributed by atoms with E-state index in [0.717, 1.165) is 13.0 Å². The van der Waals surface area contributed by atoms with Gasteiger partial charge in [0.25, 0.3) is 0 Å². The van der Waals surface area contributed by atoms with E-state index < -0.39 is 0 Å². The van der Waals surface area contributed by atoms with Crippen molar-refractivity contribution in [2.45, 2.75) is 65.8 Å². The molecule has 3 heteroatoms. The predicted octanol–water partition coefficient (Wildman–Crippen LogP) is 2.61. The maximum absolute atomic E-state index is 9.86. The molecule has 0 bridgehead atoms. The number of ether oxygens (including phenoxy) is 2. The van der Waals surface area contributed by atoms with Gasteiger partial charge in [0.05, 0.1) is 18.3 Å². The summed E-state index contributed by atoms with van der Waals surface area (Å²) in [6.07, 6.45) is 1.84. The van der Waals surface area contributed by atoms with Crippen LogP contribution in [0.2, 0.25) is 0 Å². The van der Waals surface area contributed by atoms with Gasteiger partial charge >= 0.3 is 0 Å². The zero-order valence-corrected chi connectivity index (χ0v) is 11.4. The van der Waals surface area contributed by atoms with Crippen LogP contribution in [0.25, 0.3) is 0 Å². The van der Waals surface area contributed by atoms with Gasteiger partial charge in [-0.3, -0.25) is 0 Å². The highest BCUT2D eigenvalue weighted by Gasteiger charge is 2.14. The van der Waals surface area contributed by atoms with E-state index >= 15 is 0 Å². The summed E-state index contributed by atoms with van der Waals surface area (Å²) < 4.78 is 10.9. The third-order valence-electron chi connectivity index (χ3n) is 2.55. The van der Waals surface area contributed by atoms with Crippen molar-refractivity contribution < 1.29 is 14.6 Å². The third-order valence-corrected chi connectivity index (χ3v) is 2.55. The van der Waals surface area contributed by atoms with Gasteiger partial charge in [-0.2, -0.15) is 0 Å². The van der Waals surface area contributed by atoms with E-state index in [2.05, 4.69) is 6.92 Å². The molecule has 0 aromatic carbocycles. The highest BCUT2D eigenvalue weighted by molar-refractivity contribution is 4.64. The largest absolute Gasteiger partial charge is 0.393 e. The Morgan fingerprint density at radius 2 is 1.25 bits per heavy atom. The van der Waals surface area contributed by atoms with Crippen LogP contribution < -0.4 is 0 Å². The summed E-state index contributed by atoms with van der Waals surface area (Å²) in [6.45, 7) is 11.5. The fourth-order valence-corrected chi connectivity index (χ4v) is 1.39. The van der Waals surface area contributed by atoms with E-state index in [4.69, 9.17) is 9.47 Å². The molecule has 0 aliphatic rings. The number of aliphatic hydroxyl groups is 1. The zero-order chi connectivity index (χ0) is 12.6. The lowest BCUT2D eigenvalue weighted by atomic mass is 9.99. The predicted molar refractivity (Wildman–Crippen MR) is 66.6 cm³/mol. The maximum atomic E-state index is 9.86. The van der Waals surface area contributed by atoms with Gasteiger partial charge in [-0.1, -0.05) is 6.92 Å². The van der Waals surface area contributed by atoms with Crippen LogP contribution in [0.15, 0.2) is 0 Å². The number of aliphatic hydroxyl groups excluding tert-OH is 1. The van der Waals surface area contributed by atoms with Crippen LogP contribution >= 0.6 is 0 Å². The summed E-state index contributed by atoms with van der Waals surface area (Å²) in [5.41, 5.74) is 0. The first-order valence-electron chi connectivity index (χ1n) is 6.34. The fraction of sp³-hybridized carbons (Fsp3) is 1.00. The lowest BCUT2D eigenvalue weighted by Gasteiger charge is -2.20. The third kappa shape index (κ3) is 9.13. The lowest BCUT2D eigenvalue weighted by Crippen LogP contribution is -2.22. The minimum Gasteiger partial charge on any atom is -0.393 e. The van der Waals surface area contributed by atoms with Gasteiger partial charge in [-0.25, -0.2) is 0 Å². The molecule has 0 saturated heterocycles. The quantitative estimate of drug-likeness (QED) is 0.664. The van der Waals surface area contributed by atoms with Crippen LogP contribution in [0.4, 0.5) is 0 Å². The Bertz CT molecular complexity index is 139. The Morgan fingerprint density at radius 1 is 0.812 bits per heavy atom. The molecule has 16 heavy (non-hydrogen) atoms. The topological polar surface area (TPSA) is 38.7 Å². The number of hydrogen-bond donors (Lipinski definition) is 1. The van der Waals surface area contributed by atoms with E-state index in [9.17, 15) is 5.11 Å². The normalized spacial score (nSPS) is 15.8. The Labute approximate surface area is 100 Å². The second kappa shape index (κ2) is 8.97. The van der Waals surface area contributed by atoms with Crippen molar-refractivity contribution in [3.05, 3.63) is 0 Å². The molecule has 0 aliphatic carbocycles. The molecule has 0 fully saturated rings. The first-order chi connectivity index (χ1) is 7.43. The fourth-order valence-electron chi connectivity index (χ4n) is 1.39. The average Bonchev–Trinajstić information content (AvgIpc) is 2.16. The first-order valence-corrected chi connectivity index (χ1v) is 6.34. The van der Waals surface area contributed by atoms with Gasteiger partial charge in [0.15, 0.2) is 0 Å². The van der Waals surface area contributed by atoms with Gasteiger partial charge in [-0.15, -0.1) is 0 Å². The summed E-state index contributed by atoms with van der Waals surface area (Å²) >= 11 is 0. The minimum atomic E-state index is -0.283. The van der Waals surface area contributed by atoms with Gasteiger partial charge in [0.1, 0.15) is 0 Å². The molecule has 0 aromatic heterocycles. The molecule has 98 valence electrons. The molecular formula is C13H28O3. The van der Waals surface area contributed by atoms with Gasteiger partial charge in [0, 0.05) is 13.2 Å². The monoisotopic (exact) mass is 232 g/mol. The van der Waals surface area contributed by atoms with Crippen molar-refractivity contribution in [1.82, 2.24) is 0 Å². The number of rotatable bonds is 9. The number of hydrogen-bond acceptors (Lipinski definition) is 3. The summed E-state index contributed by atoms with van der Waals surface area (Å²) in [5.74, 6) is 0.273. The molecule has 0 spiro atoms. The van der Waals surface area contributed by atoms with Crippen molar-refractivity contribution in [3.8, 4) is 0 Å². The van der Waals surface area contributed by atoms with Crippen LogP contribution in [0.5, 0.6) is 0 Å². The van der Waals surface area contributed by atoms with Crippen LogP contribution in [0.3, 0.4) is 0 Å². The van der Waals surface area contributed by atoms with E-state index in [0.29, 0.717) is 13.0 Å². The van der Waals surface area contributed by atoms with Gasteiger partial charge in [-0.05, 0) is 46.5 Å². The van der Waals surface area contributed by atoms with Gasteiger partial charge < -0.3 is 14.6 Å². The van der Waals surface area contributed by atoms with Gasteiger partial charge in [0.2, 0.25) is 0 Å². The Hall–Kier alpha value is -0.120. The Balaban J connectivity index is 3.52. The van der Waals surface area contributed by atoms with Crippen LogP contribution in [0, 0.1) is 5.92 Å². The molecule has 2 atom stereocenters. The van der Waals surface area contributed by atoms with E-state index in [1.807, 2.05) is 27.7 Å². The molecule has 0 rings (SSSR count). The van der Waals surface area contributed by atoms with Crippen molar-refractivity contribution in [3.63, 3.8) is 0 Å². The van der Waals surface area contributed by atoms with Crippen molar-refractivity contribution in [2.75, 3.05) is 13.2 Å². The molecular weight excluding hydrogens is 204 g/mol. The molecule has 0 aliphatic heterocycles. The van der Waals surface area contributed by atoms with Crippen LogP contribution in [-0.4, -0.2) is 36.6 Å². The molecule has 1 N–H and O–H groups in total. The van der Waals surface area contributed by atoms with Crippen LogP contribution in [-0.2, 0) is 9.47 Å². The van der Waals surface area contributed by atoms with Crippen molar-refractivity contribution in [2.24, 2.45) is 5.92 Å². The first kappa shape index (κ1) is 15.9. The summed E-state index contributed by atoms with van der Waals surface area (Å²) in [6, 6.07) is 0. The van der Waals surface area contributed by atoms with Crippen molar-refractivity contribution in [1.29, 1.82) is 0 Å². The Morgan fingerprint density at radius 3 is 1.69 bits per heavy atom. The molecule has 0 amide bonds. The minimum absolute atomic E-state index is 0.242. The van der Waals surface area contributed by atoms with E-state index in [1.54, 1.807) is 0 Å². The average molecular weight is 232 g/mol. The standard InChI is InChI=1S/C13H28O3/c1-10(2)15-8-6-12(5)13(14)7-9-16-11(3)4/h10-14H,6-9H2,1-5H3/t12?,13-/m0/s1. The van der Waals surface area contributed by atoms with Crippen molar-refractivity contribution >= 4 is 0 Å². The molecule has 0 saturated carbocycles. The molecule has 3 nitrogen and oxygen atoms in total. The summed E-state index contributed by atoms with van der Waals surface area (Å²) in [4.78, 5) is 0. The second-order valence-electron chi connectivity index (χ2n) is 4.96. The maximum Gasteiger partial charge on any atom is 0.0588 e. The zero-order valence-electron chi connectivity index (χ0n) is 11.4. The smallest absolute Gasteiger partial charge is 0.0588 e. The molecule has 0 radical (unpaired) electrons. The molecule has 1 unspecified atom stereocenters. The molecule has 0 aromatic rings. The second-order valence-corrected chi connectivity index (χ2v) is 4.96. The lowest BCUT2D eigenvalue weighted by molar-refractivity contribution is 0.0146. The summed E-state index contributed by atoms with van der Waals surface area (Å²) in [7, 11) is 0. The SMILES string of the molecule is CC(C)OCCC(C)[C@@H](O)CCOC(C)C. The highest BCUT2D eigenvalue weighted by Crippen LogP contribution is 2.12. The summed E-state index contributed by atoms with van der Waals surface area (Å²) in [5, 5.41) is 9.86. The van der Waals surface area contributed by atoms with Crippen LogP contribution in [0.1, 0.15) is 47.5 Å².